The highest BCUT2D eigenvalue weighted by atomic mass is 16.5. The van der Waals surface area contributed by atoms with E-state index in [1.807, 2.05) is 37.3 Å². The predicted octanol–water partition coefficient (Wildman–Crippen LogP) is 3.73. The number of rotatable bonds is 8. The number of carbonyl (C=O) groups is 2. The number of benzene rings is 2. The quantitative estimate of drug-likeness (QED) is 0.533. The van der Waals surface area contributed by atoms with Gasteiger partial charge >= 0.3 is 11.9 Å². The highest BCUT2D eigenvalue weighted by Gasteiger charge is 2.18. The zero-order valence-electron chi connectivity index (χ0n) is 17.6. The fraction of sp³-hybridized carbons (Fsp3) is 0.250. The molecule has 0 saturated heterocycles. The van der Waals surface area contributed by atoms with E-state index in [1.54, 1.807) is 24.3 Å². The van der Waals surface area contributed by atoms with E-state index in [4.69, 9.17) is 13.9 Å². The molecule has 1 aromatic heterocycles. The second kappa shape index (κ2) is 10.1. The Morgan fingerprint density at radius 3 is 2.16 bits per heavy atom. The van der Waals surface area contributed by atoms with Gasteiger partial charge in [0, 0.05) is 11.6 Å². The summed E-state index contributed by atoms with van der Waals surface area (Å²) in [4.78, 5) is 24.0. The molecule has 0 radical (unpaired) electrons. The highest BCUT2D eigenvalue weighted by molar-refractivity contribution is 5.97. The molecule has 0 aliphatic heterocycles. The van der Waals surface area contributed by atoms with Gasteiger partial charge in [-0.05, 0) is 42.8 Å². The van der Waals surface area contributed by atoms with Crippen LogP contribution in [-0.2, 0) is 16.0 Å². The predicted molar refractivity (Wildman–Crippen MR) is 115 cm³/mol. The minimum absolute atomic E-state index is 0.204. The molecule has 0 saturated carbocycles. The van der Waals surface area contributed by atoms with E-state index in [2.05, 4.69) is 5.32 Å². The van der Waals surface area contributed by atoms with Gasteiger partial charge in [-0.2, -0.15) is 0 Å². The highest BCUT2D eigenvalue weighted by Crippen LogP contribution is 2.26. The van der Waals surface area contributed by atoms with Gasteiger partial charge in [0.15, 0.2) is 0 Å². The van der Waals surface area contributed by atoms with Crippen LogP contribution < -0.4 is 5.32 Å². The smallest absolute Gasteiger partial charge is 0.337 e. The molecule has 3 rings (SSSR count). The van der Waals surface area contributed by atoms with E-state index in [0.29, 0.717) is 23.6 Å². The molecule has 2 aromatic carbocycles. The second-order valence-corrected chi connectivity index (χ2v) is 7.07. The van der Waals surface area contributed by atoms with Crippen molar-refractivity contribution in [2.24, 2.45) is 0 Å². The van der Waals surface area contributed by atoms with Crippen LogP contribution >= 0.6 is 0 Å². The summed E-state index contributed by atoms with van der Waals surface area (Å²) < 4.78 is 15.4. The van der Waals surface area contributed by atoms with Gasteiger partial charge < -0.3 is 24.3 Å². The lowest BCUT2D eigenvalue weighted by atomic mass is 10.0. The van der Waals surface area contributed by atoms with Gasteiger partial charge in [-0.1, -0.05) is 30.3 Å². The van der Waals surface area contributed by atoms with Gasteiger partial charge in [0.1, 0.15) is 11.5 Å². The van der Waals surface area contributed by atoms with Crippen LogP contribution in [0.5, 0.6) is 0 Å². The molecule has 0 aliphatic rings. The molecule has 3 aromatic rings. The summed E-state index contributed by atoms with van der Waals surface area (Å²) >= 11 is 0. The molecule has 0 aliphatic carbocycles. The summed E-state index contributed by atoms with van der Waals surface area (Å²) in [5.41, 5.74) is 1.82. The Morgan fingerprint density at radius 1 is 0.968 bits per heavy atom. The zero-order valence-corrected chi connectivity index (χ0v) is 17.6. The molecule has 2 unspecified atom stereocenters. The van der Waals surface area contributed by atoms with E-state index in [9.17, 15) is 14.7 Å². The van der Waals surface area contributed by atoms with Gasteiger partial charge in [-0.15, -0.1) is 0 Å². The van der Waals surface area contributed by atoms with Crippen molar-refractivity contribution in [3.05, 3.63) is 83.1 Å². The molecule has 2 atom stereocenters. The van der Waals surface area contributed by atoms with Crippen molar-refractivity contribution in [1.29, 1.82) is 0 Å². The third kappa shape index (κ3) is 5.39. The largest absolute Gasteiger partial charge is 0.465 e. The number of hydrogen-bond donors (Lipinski definition) is 2. The Hall–Kier alpha value is -3.42. The summed E-state index contributed by atoms with van der Waals surface area (Å²) in [6.07, 6.45) is -0.657. The number of esters is 2. The van der Waals surface area contributed by atoms with Crippen molar-refractivity contribution < 1.29 is 28.6 Å². The molecule has 2 N–H and O–H groups in total. The molecule has 0 spiro atoms. The van der Waals surface area contributed by atoms with Crippen molar-refractivity contribution >= 4 is 11.9 Å². The standard InChI is InChI=1S/C24H25NO6/c1-15(22(26)16-7-5-4-6-8-16)25-14-20-9-10-21(31-20)17-11-18(23(27)29-2)13-19(12-17)24(28)30-3/h4-13,15,22,25-26H,14H2,1-3H3. The first-order valence-corrected chi connectivity index (χ1v) is 9.80. The molecule has 7 heteroatoms. The number of aliphatic hydroxyl groups excluding tert-OH is 1. The Labute approximate surface area is 180 Å². The number of hydrogen-bond acceptors (Lipinski definition) is 7. The van der Waals surface area contributed by atoms with E-state index in [0.717, 1.165) is 5.56 Å². The van der Waals surface area contributed by atoms with Gasteiger partial charge in [0.05, 0.1) is 38.0 Å². The number of aliphatic hydroxyl groups is 1. The monoisotopic (exact) mass is 423 g/mol. The second-order valence-electron chi connectivity index (χ2n) is 7.07. The number of methoxy groups -OCH3 is 2. The van der Waals surface area contributed by atoms with Crippen molar-refractivity contribution in [1.82, 2.24) is 5.32 Å². The normalized spacial score (nSPS) is 12.8. The SMILES string of the molecule is COC(=O)c1cc(C(=O)OC)cc(-c2ccc(CNC(C)C(O)c3ccccc3)o2)c1. The maximum atomic E-state index is 12.0. The summed E-state index contributed by atoms with van der Waals surface area (Å²) in [6, 6.07) is 17.4. The number of furan rings is 1. The van der Waals surface area contributed by atoms with Gasteiger partial charge in [-0.3, -0.25) is 0 Å². The van der Waals surface area contributed by atoms with Crippen LogP contribution in [0.3, 0.4) is 0 Å². The molecular formula is C24H25NO6. The van der Waals surface area contributed by atoms with Crippen LogP contribution in [0.4, 0.5) is 0 Å². The van der Waals surface area contributed by atoms with Gasteiger partial charge in [0.2, 0.25) is 0 Å². The van der Waals surface area contributed by atoms with Crippen LogP contribution in [0.25, 0.3) is 11.3 Å². The summed E-state index contributed by atoms with van der Waals surface area (Å²) in [5, 5.41) is 13.7. The molecule has 0 bridgehead atoms. The molecule has 162 valence electrons. The van der Waals surface area contributed by atoms with E-state index in [-0.39, 0.29) is 17.2 Å². The first kappa shape index (κ1) is 22.3. The average molecular weight is 423 g/mol. The lowest BCUT2D eigenvalue weighted by Crippen LogP contribution is -2.31. The molecule has 7 nitrogen and oxygen atoms in total. The molecule has 31 heavy (non-hydrogen) atoms. The lowest BCUT2D eigenvalue weighted by Gasteiger charge is -2.20. The summed E-state index contributed by atoms with van der Waals surface area (Å²) in [5.74, 6) is 0.00233. The molecule has 0 fully saturated rings. The zero-order chi connectivity index (χ0) is 22.4. The van der Waals surface area contributed by atoms with Crippen molar-refractivity contribution in [2.75, 3.05) is 14.2 Å². The van der Waals surface area contributed by atoms with E-state index < -0.39 is 18.0 Å². The third-order valence-electron chi connectivity index (χ3n) is 4.93. The van der Waals surface area contributed by atoms with Crippen LogP contribution in [0.15, 0.2) is 65.1 Å². The third-order valence-corrected chi connectivity index (χ3v) is 4.93. The first-order valence-electron chi connectivity index (χ1n) is 9.80. The molecular weight excluding hydrogens is 398 g/mol. The minimum atomic E-state index is -0.657. The maximum absolute atomic E-state index is 12.0. The maximum Gasteiger partial charge on any atom is 0.337 e. The fourth-order valence-electron chi connectivity index (χ4n) is 3.18. The number of nitrogens with one attached hydrogen (secondary N) is 1. The van der Waals surface area contributed by atoms with E-state index >= 15 is 0 Å². The van der Waals surface area contributed by atoms with Gasteiger partial charge in [0.25, 0.3) is 0 Å². The number of ether oxygens (including phenoxy) is 2. The average Bonchev–Trinajstić information content (AvgIpc) is 3.30. The summed E-state index contributed by atoms with van der Waals surface area (Å²) in [6.45, 7) is 2.29. The van der Waals surface area contributed by atoms with Crippen LogP contribution in [0.1, 0.15) is 45.1 Å². The van der Waals surface area contributed by atoms with Crippen molar-refractivity contribution in [3.8, 4) is 11.3 Å². The Balaban J connectivity index is 1.75. The topological polar surface area (TPSA) is 98.0 Å². The Bertz CT molecular complexity index is 1010. The van der Waals surface area contributed by atoms with Crippen LogP contribution in [-0.4, -0.2) is 37.3 Å². The van der Waals surface area contributed by atoms with E-state index in [1.165, 1.54) is 20.3 Å². The fourth-order valence-corrected chi connectivity index (χ4v) is 3.18. The Morgan fingerprint density at radius 2 is 1.58 bits per heavy atom. The van der Waals surface area contributed by atoms with Gasteiger partial charge in [-0.25, -0.2) is 9.59 Å². The van der Waals surface area contributed by atoms with Crippen LogP contribution in [0, 0.1) is 0 Å². The molecule has 1 heterocycles. The lowest BCUT2D eigenvalue weighted by molar-refractivity contribution is 0.0599. The number of carbonyl (C=O) groups excluding carboxylic acids is 2. The Kier molecular flexibility index (Phi) is 7.23. The van der Waals surface area contributed by atoms with Crippen molar-refractivity contribution in [3.63, 3.8) is 0 Å². The molecule has 0 amide bonds. The van der Waals surface area contributed by atoms with Crippen LogP contribution in [0.2, 0.25) is 0 Å². The minimum Gasteiger partial charge on any atom is -0.465 e. The summed E-state index contributed by atoms with van der Waals surface area (Å²) in [7, 11) is 2.54. The van der Waals surface area contributed by atoms with Crippen molar-refractivity contribution in [2.45, 2.75) is 25.6 Å². The first-order chi connectivity index (χ1) is 14.9.